The molecule has 5 heteroatoms. The lowest BCUT2D eigenvalue weighted by atomic mass is 10.1. The molecule has 0 aliphatic rings. The van der Waals surface area contributed by atoms with Crippen molar-refractivity contribution in [1.29, 1.82) is 0 Å². The van der Waals surface area contributed by atoms with Gasteiger partial charge in [0.2, 0.25) is 10.0 Å². The summed E-state index contributed by atoms with van der Waals surface area (Å²) in [5.41, 5.74) is 4.63. The van der Waals surface area contributed by atoms with Gasteiger partial charge in [0, 0.05) is 5.54 Å². The van der Waals surface area contributed by atoms with Crippen LogP contribution < -0.4 is 10.9 Å². The standard InChI is InChI=1S/C4H12N2O2S/c1-4(2,5)3-9(6,7)8/h3,5H2,1-2H3,(H2,6,7,8). The van der Waals surface area contributed by atoms with Gasteiger partial charge in [0.15, 0.2) is 0 Å². The summed E-state index contributed by atoms with van der Waals surface area (Å²) in [5.74, 6) is -0.181. The Hall–Kier alpha value is -0.130. The summed E-state index contributed by atoms with van der Waals surface area (Å²) in [6.45, 7) is 3.22. The van der Waals surface area contributed by atoms with Gasteiger partial charge < -0.3 is 5.73 Å². The van der Waals surface area contributed by atoms with E-state index in [9.17, 15) is 8.42 Å². The molecule has 0 aromatic rings. The van der Waals surface area contributed by atoms with Gasteiger partial charge in [-0.05, 0) is 13.8 Å². The van der Waals surface area contributed by atoms with E-state index in [0.29, 0.717) is 0 Å². The number of rotatable bonds is 2. The molecule has 4 nitrogen and oxygen atoms in total. The van der Waals surface area contributed by atoms with E-state index < -0.39 is 15.6 Å². The van der Waals surface area contributed by atoms with Gasteiger partial charge in [0.1, 0.15) is 0 Å². The molecule has 0 aromatic heterocycles. The van der Waals surface area contributed by atoms with Crippen LogP contribution in [0.4, 0.5) is 0 Å². The molecule has 0 rings (SSSR count). The molecule has 9 heavy (non-hydrogen) atoms. The average Bonchev–Trinajstić information content (AvgIpc) is 1.14. The van der Waals surface area contributed by atoms with E-state index in [1.807, 2.05) is 0 Å². The zero-order chi connectivity index (χ0) is 7.71. The van der Waals surface area contributed by atoms with Gasteiger partial charge in [-0.15, -0.1) is 0 Å². The SMILES string of the molecule is CC(C)(N)CS(N)(=O)=O. The van der Waals surface area contributed by atoms with E-state index in [-0.39, 0.29) is 5.75 Å². The lowest BCUT2D eigenvalue weighted by molar-refractivity contribution is 0.545. The van der Waals surface area contributed by atoms with Crippen LogP contribution in [0.25, 0.3) is 0 Å². The Balaban J connectivity index is 4.07. The molecule has 0 atom stereocenters. The number of sulfonamides is 1. The van der Waals surface area contributed by atoms with Crippen molar-refractivity contribution >= 4 is 10.0 Å². The highest BCUT2D eigenvalue weighted by atomic mass is 32.2. The highest BCUT2D eigenvalue weighted by Gasteiger charge is 2.17. The van der Waals surface area contributed by atoms with E-state index in [2.05, 4.69) is 0 Å². The predicted molar refractivity (Wildman–Crippen MR) is 36.2 cm³/mol. The van der Waals surface area contributed by atoms with Crippen molar-refractivity contribution < 1.29 is 8.42 Å². The van der Waals surface area contributed by atoms with Gasteiger partial charge in [-0.2, -0.15) is 0 Å². The third-order valence-corrected chi connectivity index (χ3v) is 1.72. The fraction of sp³-hybridized carbons (Fsp3) is 1.00. The summed E-state index contributed by atoms with van der Waals surface area (Å²) in [6, 6.07) is 0. The molecule has 0 aliphatic carbocycles. The minimum Gasteiger partial charge on any atom is -0.325 e. The van der Waals surface area contributed by atoms with Gasteiger partial charge in [-0.3, -0.25) is 0 Å². The lowest BCUT2D eigenvalue weighted by Crippen LogP contribution is -2.42. The summed E-state index contributed by atoms with van der Waals surface area (Å²) in [6.07, 6.45) is 0. The van der Waals surface area contributed by atoms with Crippen molar-refractivity contribution in [1.82, 2.24) is 0 Å². The second-order valence-corrected chi connectivity index (χ2v) is 4.41. The molecule has 0 aliphatic heterocycles. The first-order valence-electron chi connectivity index (χ1n) is 2.50. The molecule has 0 radical (unpaired) electrons. The maximum Gasteiger partial charge on any atom is 0.210 e. The average molecular weight is 152 g/mol. The quantitative estimate of drug-likeness (QED) is 0.532. The zero-order valence-corrected chi connectivity index (χ0v) is 6.40. The molecular formula is C4H12N2O2S. The molecule has 4 N–H and O–H groups in total. The highest BCUT2D eigenvalue weighted by molar-refractivity contribution is 7.89. The zero-order valence-electron chi connectivity index (χ0n) is 5.59. The van der Waals surface area contributed by atoms with Crippen molar-refractivity contribution in [2.45, 2.75) is 19.4 Å². The Kier molecular flexibility index (Phi) is 2.21. The van der Waals surface area contributed by atoms with Gasteiger partial charge in [0.25, 0.3) is 0 Å². The molecule has 0 bridgehead atoms. The van der Waals surface area contributed by atoms with Crippen molar-refractivity contribution in [2.24, 2.45) is 10.9 Å². The first kappa shape index (κ1) is 8.87. The summed E-state index contributed by atoms with van der Waals surface area (Å²) < 4.78 is 20.7. The van der Waals surface area contributed by atoms with Crippen molar-refractivity contribution in [3.63, 3.8) is 0 Å². The monoisotopic (exact) mass is 152 g/mol. The second-order valence-electron chi connectivity index (χ2n) is 2.80. The topological polar surface area (TPSA) is 86.2 Å². The van der Waals surface area contributed by atoms with E-state index in [1.54, 1.807) is 13.8 Å². The smallest absolute Gasteiger partial charge is 0.210 e. The first-order valence-corrected chi connectivity index (χ1v) is 4.22. The highest BCUT2D eigenvalue weighted by Crippen LogP contribution is 1.97. The van der Waals surface area contributed by atoms with E-state index in [0.717, 1.165) is 0 Å². The fourth-order valence-corrected chi connectivity index (χ4v) is 1.56. The third kappa shape index (κ3) is 7.87. The fourth-order valence-electron chi connectivity index (χ4n) is 0.519. The Morgan fingerprint density at radius 3 is 1.78 bits per heavy atom. The number of nitrogens with two attached hydrogens (primary N) is 2. The third-order valence-electron chi connectivity index (χ3n) is 0.573. The Morgan fingerprint density at radius 1 is 1.44 bits per heavy atom. The Labute approximate surface area is 55.3 Å². The number of hydrogen-bond donors (Lipinski definition) is 2. The van der Waals surface area contributed by atoms with Crippen LogP contribution in [0.5, 0.6) is 0 Å². The molecular weight excluding hydrogens is 140 g/mol. The van der Waals surface area contributed by atoms with E-state index in [4.69, 9.17) is 10.9 Å². The van der Waals surface area contributed by atoms with Crippen molar-refractivity contribution in [2.75, 3.05) is 5.75 Å². The normalized spacial score (nSPS) is 13.8. The lowest BCUT2D eigenvalue weighted by Gasteiger charge is -2.15. The van der Waals surface area contributed by atoms with Crippen LogP contribution in [0, 0.1) is 0 Å². The van der Waals surface area contributed by atoms with E-state index >= 15 is 0 Å². The van der Waals surface area contributed by atoms with Crippen LogP contribution in [0.15, 0.2) is 0 Å². The molecule has 0 saturated heterocycles. The van der Waals surface area contributed by atoms with Gasteiger partial charge >= 0.3 is 0 Å². The van der Waals surface area contributed by atoms with Crippen molar-refractivity contribution in [3.05, 3.63) is 0 Å². The molecule has 0 saturated carbocycles. The Morgan fingerprint density at radius 2 is 1.78 bits per heavy atom. The number of hydrogen-bond acceptors (Lipinski definition) is 3. The molecule has 0 amide bonds. The van der Waals surface area contributed by atoms with Crippen LogP contribution in [0.3, 0.4) is 0 Å². The largest absolute Gasteiger partial charge is 0.325 e. The van der Waals surface area contributed by atoms with Crippen LogP contribution in [0.1, 0.15) is 13.8 Å². The predicted octanol–water partition coefficient (Wildman–Crippen LogP) is -0.988. The number of primary sulfonamides is 1. The second kappa shape index (κ2) is 2.24. The first-order chi connectivity index (χ1) is 3.71. The molecule has 0 unspecified atom stereocenters. The summed E-state index contributed by atoms with van der Waals surface area (Å²) >= 11 is 0. The van der Waals surface area contributed by atoms with Crippen LogP contribution in [0.2, 0.25) is 0 Å². The van der Waals surface area contributed by atoms with E-state index in [1.165, 1.54) is 0 Å². The molecule has 0 heterocycles. The molecule has 0 spiro atoms. The van der Waals surface area contributed by atoms with Crippen LogP contribution in [-0.4, -0.2) is 19.7 Å². The maximum atomic E-state index is 10.3. The minimum atomic E-state index is -3.41. The molecule has 56 valence electrons. The minimum absolute atomic E-state index is 0.181. The summed E-state index contributed by atoms with van der Waals surface area (Å²) in [4.78, 5) is 0. The molecule has 0 fully saturated rings. The van der Waals surface area contributed by atoms with Gasteiger partial charge in [-0.25, -0.2) is 13.6 Å². The molecule has 0 aromatic carbocycles. The summed E-state index contributed by atoms with van der Waals surface area (Å²) in [5, 5.41) is 4.71. The van der Waals surface area contributed by atoms with Crippen molar-refractivity contribution in [3.8, 4) is 0 Å². The van der Waals surface area contributed by atoms with Gasteiger partial charge in [0.05, 0.1) is 5.75 Å². The van der Waals surface area contributed by atoms with Gasteiger partial charge in [-0.1, -0.05) is 0 Å². The summed E-state index contributed by atoms with van der Waals surface area (Å²) in [7, 11) is -3.41. The maximum absolute atomic E-state index is 10.3. The van der Waals surface area contributed by atoms with Crippen LogP contribution in [-0.2, 0) is 10.0 Å². The van der Waals surface area contributed by atoms with Crippen LogP contribution >= 0.6 is 0 Å². The Bertz CT molecular complexity index is 177.